The molecule has 1 rings (SSSR count). The third-order valence-corrected chi connectivity index (χ3v) is 3.49. The van der Waals surface area contributed by atoms with Crippen molar-refractivity contribution in [3.63, 3.8) is 0 Å². The van der Waals surface area contributed by atoms with Gasteiger partial charge in [-0.05, 0) is 38.7 Å². The molecular weight excluding hydrogens is 334 g/mol. The van der Waals surface area contributed by atoms with Gasteiger partial charge in [-0.15, -0.1) is 0 Å². The third-order valence-electron chi connectivity index (χ3n) is 3.49. The van der Waals surface area contributed by atoms with Gasteiger partial charge < -0.3 is 0 Å². The number of hydrogen-bond donors (Lipinski definition) is 0. The molecule has 0 aliphatic heterocycles. The van der Waals surface area contributed by atoms with Crippen LogP contribution in [0.1, 0.15) is 94.1 Å². The topological polar surface area (TPSA) is 37.4 Å². The molecule has 3 nitrogen and oxygen atoms in total. The molecule has 0 radical (unpaired) electrons. The highest BCUT2D eigenvalue weighted by Gasteiger charge is 2.20. The number of rotatable bonds is 4. The van der Waals surface area contributed by atoms with Crippen LogP contribution in [0.15, 0.2) is 42.0 Å². The van der Waals surface area contributed by atoms with Crippen LogP contribution in [-0.2, 0) is 9.59 Å². The monoisotopic (exact) mass is 377 g/mol. The first kappa shape index (κ1) is 29.8. The lowest BCUT2D eigenvalue weighted by Crippen LogP contribution is -2.40. The number of hydrogen-bond acceptors (Lipinski definition) is 2. The van der Waals surface area contributed by atoms with E-state index < -0.39 is 0 Å². The summed E-state index contributed by atoms with van der Waals surface area (Å²) in [5.74, 6) is 0.250. The normalized spacial score (nSPS) is 9.93. The highest BCUT2D eigenvalue weighted by atomic mass is 16.2. The molecule has 1 aromatic carbocycles. The summed E-state index contributed by atoms with van der Waals surface area (Å²) in [4.78, 5) is 24.2. The second-order valence-electron chi connectivity index (χ2n) is 6.27. The number of nitrogens with zero attached hydrogens (tertiary/aromatic N) is 1. The maximum atomic E-state index is 11.6. The Morgan fingerprint density at radius 3 is 1.63 bits per heavy atom. The smallest absolute Gasteiger partial charge is 0.253 e. The summed E-state index contributed by atoms with van der Waals surface area (Å²) in [5, 5.41) is 0. The Morgan fingerprint density at radius 1 is 0.926 bits per heavy atom. The molecule has 0 N–H and O–H groups in total. The van der Waals surface area contributed by atoms with Crippen LogP contribution in [0.3, 0.4) is 0 Å². The van der Waals surface area contributed by atoms with Gasteiger partial charge in [0.2, 0.25) is 5.91 Å². The van der Waals surface area contributed by atoms with Gasteiger partial charge in [0.05, 0.1) is 0 Å². The van der Waals surface area contributed by atoms with Crippen LogP contribution in [0.4, 0.5) is 0 Å². The summed E-state index contributed by atoms with van der Waals surface area (Å²) in [6.45, 7) is 21.3. The van der Waals surface area contributed by atoms with Gasteiger partial charge in [0, 0.05) is 19.0 Å². The minimum Gasteiger partial charge on any atom is -0.276 e. The quantitative estimate of drug-likeness (QED) is 0.530. The fourth-order valence-electron chi connectivity index (χ4n) is 2.02. The van der Waals surface area contributed by atoms with Gasteiger partial charge >= 0.3 is 0 Å². The van der Waals surface area contributed by atoms with Crippen molar-refractivity contribution in [1.29, 1.82) is 0 Å². The van der Waals surface area contributed by atoms with Crippen LogP contribution in [0, 0.1) is 0 Å². The fourth-order valence-corrected chi connectivity index (χ4v) is 2.02. The van der Waals surface area contributed by atoms with Crippen molar-refractivity contribution in [3.8, 4) is 0 Å². The molecule has 0 aromatic heterocycles. The zero-order valence-corrected chi connectivity index (χ0v) is 19.6. The Hall–Kier alpha value is -1.90. The van der Waals surface area contributed by atoms with E-state index in [9.17, 15) is 9.59 Å². The number of allylic oxidation sites excluding steroid dienone is 1. The van der Waals surface area contributed by atoms with Crippen molar-refractivity contribution in [3.05, 3.63) is 47.5 Å². The lowest BCUT2D eigenvalue weighted by molar-refractivity contribution is -0.142. The number of imide groups is 1. The molecule has 1 aromatic rings. The highest BCUT2D eigenvalue weighted by molar-refractivity contribution is 6.00. The minimum absolute atomic E-state index is 0.0319. The van der Waals surface area contributed by atoms with Crippen molar-refractivity contribution in [1.82, 2.24) is 4.90 Å². The zero-order valence-electron chi connectivity index (χ0n) is 19.6. The molecule has 0 aliphatic carbocycles. The molecule has 1 atom stereocenters. The number of amides is 2. The molecule has 0 saturated heterocycles. The highest BCUT2D eigenvalue weighted by Crippen LogP contribution is 2.11. The molecule has 0 fully saturated rings. The van der Waals surface area contributed by atoms with E-state index in [2.05, 4.69) is 38.1 Å². The van der Waals surface area contributed by atoms with Crippen LogP contribution >= 0.6 is 0 Å². The molecule has 0 aliphatic rings. The van der Waals surface area contributed by atoms with Gasteiger partial charge in [-0.1, -0.05) is 84.4 Å². The van der Waals surface area contributed by atoms with E-state index in [4.69, 9.17) is 0 Å². The molecule has 0 saturated carbocycles. The summed E-state index contributed by atoms with van der Waals surface area (Å²) in [6.07, 6.45) is 2.27. The van der Waals surface area contributed by atoms with Crippen molar-refractivity contribution in [2.24, 2.45) is 0 Å². The van der Waals surface area contributed by atoms with E-state index >= 15 is 0 Å². The molecule has 2 amide bonds. The standard InChI is InChI=1S/C11H19NO2.C9H12.2C2H6/c1-6-9(4)12(10(5)13)11(14)7-8(2)3;1-8(2)9-6-4-3-5-7-9;2*1-2/h7,9H,6H2,1-5H3;3-8H,1-2H3;2*1-2H3. The van der Waals surface area contributed by atoms with E-state index in [1.165, 1.54) is 23.5 Å². The lowest BCUT2D eigenvalue weighted by atomic mass is 10.0. The maximum Gasteiger partial charge on any atom is 0.253 e. The Labute approximate surface area is 168 Å². The molecular formula is C24H43NO2. The zero-order chi connectivity index (χ0) is 22.0. The molecule has 0 heterocycles. The van der Waals surface area contributed by atoms with Gasteiger partial charge in [-0.25, -0.2) is 0 Å². The van der Waals surface area contributed by atoms with Crippen molar-refractivity contribution in [2.75, 3.05) is 0 Å². The first-order chi connectivity index (χ1) is 12.7. The molecule has 0 bridgehead atoms. The van der Waals surface area contributed by atoms with E-state index in [0.717, 1.165) is 12.0 Å². The summed E-state index contributed by atoms with van der Waals surface area (Å²) < 4.78 is 0. The fraction of sp³-hybridized carbons (Fsp3) is 0.583. The Bertz CT molecular complexity index is 514. The van der Waals surface area contributed by atoms with Crippen LogP contribution in [0.2, 0.25) is 0 Å². The van der Waals surface area contributed by atoms with Gasteiger partial charge in [-0.2, -0.15) is 0 Å². The third kappa shape index (κ3) is 14.9. The van der Waals surface area contributed by atoms with Crippen LogP contribution < -0.4 is 0 Å². The SMILES string of the molecule is CC.CC.CC(C)c1ccccc1.CCC(C)N(C(C)=O)C(=O)C=C(C)C. The van der Waals surface area contributed by atoms with Crippen LogP contribution in [-0.4, -0.2) is 22.8 Å². The summed E-state index contributed by atoms with van der Waals surface area (Å²) in [6, 6.07) is 10.5. The van der Waals surface area contributed by atoms with E-state index in [0.29, 0.717) is 5.92 Å². The van der Waals surface area contributed by atoms with E-state index in [1.54, 1.807) is 0 Å². The number of carbonyl (C=O) groups is 2. The lowest BCUT2D eigenvalue weighted by Gasteiger charge is -2.24. The largest absolute Gasteiger partial charge is 0.276 e. The van der Waals surface area contributed by atoms with Crippen molar-refractivity contribution in [2.45, 2.75) is 94.5 Å². The minimum atomic E-state index is -0.216. The number of carbonyl (C=O) groups excluding carboxylic acids is 2. The van der Waals surface area contributed by atoms with E-state index in [-0.39, 0.29) is 17.9 Å². The summed E-state index contributed by atoms with van der Waals surface area (Å²) >= 11 is 0. The molecule has 27 heavy (non-hydrogen) atoms. The Kier molecular flexibility index (Phi) is 20.9. The Morgan fingerprint density at radius 2 is 1.37 bits per heavy atom. The average molecular weight is 378 g/mol. The second kappa shape index (κ2) is 18.9. The first-order valence-electron chi connectivity index (χ1n) is 10.2. The van der Waals surface area contributed by atoms with Gasteiger partial charge in [0.15, 0.2) is 0 Å². The predicted octanol–water partition coefficient (Wildman–Crippen LogP) is 6.99. The average Bonchev–Trinajstić information content (AvgIpc) is 2.65. The first-order valence-corrected chi connectivity index (χ1v) is 10.2. The van der Waals surface area contributed by atoms with Crippen LogP contribution in [0.25, 0.3) is 0 Å². The summed E-state index contributed by atoms with van der Waals surface area (Å²) in [7, 11) is 0. The maximum absolute atomic E-state index is 11.6. The molecule has 1 unspecified atom stereocenters. The van der Waals surface area contributed by atoms with Crippen molar-refractivity contribution < 1.29 is 9.59 Å². The molecule has 0 spiro atoms. The summed E-state index contributed by atoms with van der Waals surface area (Å²) in [5.41, 5.74) is 2.32. The molecule has 3 heteroatoms. The predicted molar refractivity (Wildman–Crippen MR) is 120 cm³/mol. The molecule has 156 valence electrons. The van der Waals surface area contributed by atoms with Gasteiger partial charge in [0.25, 0.3) is 5.91 Å². The number of benzene rings is 1. The van der Waals surface area contributed by atoms with Gasteiger partial charge in [0.1, 0.15) is 0 Å². The second-order valence-corrected chi connectivity index (χ2v) is 6.27. The van der Waals surface area contributed by atoms with E-state index in [1.807, 2.05) is 61.5 Å². The van der Waals surface area contributed by atoms with Crippen LogP contribution in [0.5, 0.6) is 0 Å². The Balaban J connectivity index is -0.000000379. The van der Waals surface area contributed by atoms with Gasteiger partial charge in [-0.3, -0.25) is 14.5 Å². The van der Waals surface area contributed by atoms with Crippen molar-refractivity contribution >= 4 is 11.8 Å².